The van der Waals surface area contributed by atoms with Crippen molar-refractivity contribution in [2.75, 3.05) is 46.9 Å². The fraction of sp³-hybridized carbons (Fsp3) is 0.667. The van der Waals surface area contributed by atoms with E-state index in [2.05, 4.69) is 38.0 Å². The zero-order valence-electron chi connectivity index (χ0n) is 13.4. The van der Waals surface area contributed by atoms with Crippen LogP contribution in [0.4, 0.5) is 0 Å². The van der Waals surface area contributed by atoms with Crippen LogP contribution in [-0.4, -0.2) is 57.8 Å². The van der Waals surface area contributed by atoms with E-state index in [9.17, 15) is 0 Å². The average molecular weight is 438 g/mol. The van der Waals surface area contributed by atoms with Crippen LogP contribution in [0.3, 0.4) is 0 Å². The molecule has 2 rings (SSSR count). The van der Waals surface area contributed by atoms with Crippen molar-refractivity contribution in [2.24, 2.45) is 4.99 Å². The molecule has 2 heterocycles. The van der Waals surface area contributed by atoms with Crippen molar-refractivity contribution < 1.29 is 4.74 Å². The third-order valence-electron chi connectivity index (χ3n) is 3.74. The molecule has 1 saturated heterocycles. The zero-order chi connectivity index (χ0) is 14.9. The molecule has 2 N–H and O–H groups in total. The fourth-order valence-electron chi connectivity index (χ4n) is 2.63. The molecule has 1 atom stereocenters. The van der Waals surface area contributed by atoms with E-state index in [1.54, 1.807) is 14.2 Å². The molecule has 0 amide bonds. The normalized spacial score (nSPS) is 17.1. The molecule has 0 bridgehead atoms. The molecule has 0 radical (unpaired) electrons. The number of hydrogen-bond donors (Lipinski definition) is 2. The van der Waals surface area contributed by atoms with Crippen molar-refractivity contribution in [3.8, 4) is 0 Å². The summed E-state index contributed by atoms with van der Waals surface area (Å²) in [4.78, 5) is 8.26. The Bertz CT molecular complexity index is 421. The summed E-state index contributed by atoms with van der Waals surface area (Å²) >= 11 is 1.84. The Morgan fingerprint density at radius 1 is 1.41 bits per heavy atom. The van der Waals surface area contributed by atoms with Gasteiger partial charge in [-0.1, -0.05) is 6.07 Å². The van der Waals surface area contributed by atoms with Crippen LogP contribution in [0.1, 0.15) is 23.8 Å². The third-order valence-corrected chi connectivity index (χ3v) is 4.71. The number of thiophene rings is 1. The van der Waals surface area contributed by atoms with Gasteiger partial charge in [0.2, 0.25) is 0 Å². The van der Waals surface area contributed by atoms with Gasteiger partial charge in [0.05, 0.1) is 12.6 Å². The van der Waals surface area contributed by atoms with E-state index in [0.29, 0.717) is 12.6 Å². The van der Waals surface area contributed by atoms with Gasteiger partial charge in [-0.05, 0) is 37.4 Å². The maximum Gasteiger partial charge on any atom is 0.191 e. The standard InChI is InChI=1S/C15H26N4OS.HI/c1-16-15(17-7-10-20-2)18-12-13(14-6-5-11-21-14)19-8-3-4-9-19;/h5-6,11,13H,3-4,7-10,12H2,1-2H3,(H2,16,17,18);1H. The molecule has 126 valence electrons. The van der Waals surface area contributed by atoms with Gasteiger partial charge in [-0.25, -0.2) is 0 Å². The van der Waals surface area contributed by atoms with E-state index >= 15 is 0 Å². The molecule has 1 aliphatic heterocycles. The van der Waals surface area contributed by atoms with Crippen molar-refractivity contribution in [2.45, 2.75) is 18.9 Å². The predicted molar refractivity (Wildman–Crippen MR) is 105 cm³/mol. The highest BCUT2D eigenvalue weighted by Gasteiger charge is 2.24. The number of likely N-dealkylation sites (tertiary alicyclic amines) is 1. The summed E-state index contributed by atoms with van der Waals surface area (Å²) < 4.78 is 5.05. The Kier molecular flexibility index (Phi) is 10.0. The van der Waals surface area contributed by atoms with E-state index in [1.807, 2.05) is 11.3 Å². The molecular formula is C15H27IN4OS. The highest BCUT2D eigenvalue weighted by molar-refractivity contribution is 14.0. The Morgan fingerprint density at radius 2 is 2.18 bits per heavy atom. The second kappa shape index (κ2) is 11.2. The minimum atomic E-state index is 0. The fourth-order valence-corrected chi connectivity index (χ4v) is 3.49. The second-order valence-corrected chi connectivity index (χ2v) is 6.13. The average Bonchev–Trinajstić information content (AvgIpc) is 3.19. The summed E-state index contributed by atoms with van der Waals surface area (Å²) in [6.45, 7) is 4.72. The summed E-state index contributed by atoms with van der Waals surface area (Å²) in [6.07, 6.45) is 2.62. The van der Waals surface area contributed by atoms with Crippen LogP contribution in [0.25, 0.3) is 0 Å². The first-order valence-corrected chi connectivity index (χ1v) is 8.44. The largest absolute Gasteiger partial charge is 0.383 e. The number of methoxy groups -OCH3 is 1. The maximum atomic E-state index is 5.05. The third kappa shape index (κ3) is 6.02. The second-order valence-electron chi connectivity index (χ2n) is 5.15. The van der Waals surface area contributed by atoms with Gasteiger partial charge in [0.1, 0.15) is 0 Å². The Balaban J connectivity index is 0.00000242. The van der Waals surface area contributed by atoms with Crippen LogP contribution >= 0.6 is 35.3 Å². The molecule has 0 spiro atoms. The van der Waals surface area contributed by atoms with Crippen LogP contribution in [0, 0.1) is 0 Å². The monoisotopic (exact) mass is 438 g/mol. The van der Waals surface area contributed by atoms with E-state index in [1.165, 1.54) is 30.8 Å². The van der Waals surface area contributed by atoms with Crippen LogP contribution < -0.4 is 10.6 Å². The first kappa shape index (κ1) is 19.7. The zero-order valence-corrected chi connectivity index (χ0v) is 16.5. The topological polar surface area (TPSA) is 48.9 Å². The van der Waals surface area contributed by atoms with Crippen molar-refractivity contribution in [3.05, 3.63) is 22.4 Å². The molecule has 0 aliphatic carbocycles. The lowest BCUT2D eigenvalue weighted by Gasteiger charge is -2.27. The summed E-state index contributed by atoms with van der Waals surface area (Å²) in [6, 6.07) is 4.80. The number of ether oxygens (including phenoxy) is 1. The smallest absolute Gasteiger partial charge is 0.191 e. The molecule has 1 unspecified atom stereocenters. The van der Waals surface area contributed by atoms with Gasteiger partial charge in [0, 0.05) is 32.1 Å². The first-order chi connectivity index (χ1) is 10.3. The number of rotatable bonds is 7. The molecule has 1 aliphatic rings. The van der Waals surface area contributed by atoms with Crippen LogP contribution in [0.15, 0.2) is 22.5 Å². The summed E-state index contributed by atoms with van der Waals surface area (Å²) in [5.41, 5.74) is 0. The van der Waals surface area contributed by atoms with Gasteiger partial charge in [-0.15, -0.1) is 35.3 Å². The summed E-state index contributed by atoms with van der Waals surface area (Å²) in [5.74, 6) is 0.841. The number of aliphatic imine (C=N–C) groups is 1. The Labute approximate surface area is 154 Å². The van der Waals surface area contributed by atoms with Crippen LogP contribution in [-0.2, 0) is 4.74 Å². The van der Waals surface area contributed by atoms with Gasteiger partial charge in [0.25, 0.3) is 0 Å². The minimum Gasteiger partial charge on any atom is -0.383 e. The number of hydrogen-bond acceptors (Lipinski definition) is 4. The first-order valence-electron chi connectivity index (χ1n) is 7.56. The van der Waals surface area contributed by atoms with Crippen molar-refractivity contribution in [3.63, 3.8) is 0 Å². The minimum absolute atomic E-state index is 0. The van der Waals surface area contributed by atoms with Gasteiger partial charge in [0.15, 0.2) is 5.96 Å². The molecule has 0 aromatic carbocycles. The van der Waals surface area contributed by atoms with Gasteiger partial charge < -0.3 is 15.4 Å². The van der Waals surface area contributed by atoms with Crippen molar-refractivity contribution >= 4 is 41.3 Å². The van der Waals surface area contributed by atoms with Crippen molar-refractivity contribution in [1.82, 2.24) is 15.5 Å². The van der Waals surface area contributed by atoms with E-state index in [-0.39, 0.29) is 24.0 Å². The Hall–Kier alpha value is -0.380. The SMILES string of the molecule is CN=C(NCCOC)NCC(c1cccs1)N1CCCC1.I. The van der Waals surface area contributed by atoms with Crippen LogP contribution in [0.2, 0.25) is 0 Å². The van der Waals surface area contributed by atoms with E-state index in [0.717, 1.165) is 19.0 Å². The lowest BCUT2D eigenvalue weighted by atomic mass is 10.2. The molecule has 7 heteroatoms. The van der Waals surface area contributed by atoms with Gasteiger partial charge in [-0.2, -0.15) is 0 Å². The van der Waals surface area contributed by atoms with Crippen molar-refractivity contribution in [1.29, 1.82) is 0 Å². The quantitative estimate of drug-likeness (QED) is 0.297. The van der Waals surface area contributed by atoms with E-state index in [4.69, 9.17) is 4.74 Å². The molecule has 1 fully saturated rings. The summed E-state index contributed by atoms with van der Waals surface area (Å²) in [7, 11) is 3.51. The number of nitrogens with zero attached hydrogens (tertiary/aromatic N) is 2. The van der Waals surface area contributed by atoms with Gasteiger partial charge in [-0.3, -0.25) is 9.89 Å². The predicted octanol–water partition coefficient (Wildman–Crippen LogP) is 2.31. The summed E-state index contributed by atoms with van der Waals surface area (Å²) in [5, 5.41) is 8.86. The Morgan fingerprint density at radius 3 is 2.77 bits per heavy atom. The molecule has 1 aromatic heterocycles. The number of guanidine groups is 1. The molecular weight excluding hydrogens is 411 g/mol. The van der Waals surface area contributed by atoms with Crippen LogP contribution in [0.5, 0.6) is 0 Å². The highest BCUT2D eigenvalue weighted by Crippen LogP contribution is 2.27. The molecule has 5 nitrogen and oxygen atoms in total. The number of halogens is 1. The highest BCUT2D eigenvalue weighted by atomic mass is 127. The lowest BCUT2D eigenvalue weighted by molar-refractivity contribution is 0.203. The van der Waals surface area contributed by atoms with E-state index < -0.39 is 0 Å². The molecule has 1 aromatic rings. The number of nitrogens with one attached hydrogen (secondary N) is 2. The van der Waals surface area contributed by atoms with Gasteiger partial charge >= 0.3 is 0 Å². The molecule has 0 saturated carbocycles. The maximum absolute atomic E-state index is 5.05. The lowest BCUT2D eigenvalue weighted by Crippen LogP contribution is -2.43. The molecule has 22 heavy (non-hydrogen) atoms.